The van der Waals surface area contributed by atoms with E-state index in [9.17, 15) is 4.79 Å². The Bertz CT molecular complexity index is 621. The summed E-state index contributed by atoms with van der Waals surface area (Å²) in [7, 11) is 5.40. The van der Waals surface area contributed by atoms with Gasteiger partial charge in [0, 0.05) is 45.9 Å². The molecular formula is C19H30ClIN4O2. The molecular weight excluding hydrogens is 479 g/mol. The van der Waals surface area contributed by atoms with Gasteiger partial charge in [-0.3, -0.25) is 4.79 Å². The molecule has 1 unspecified atom stereocenters. The Morgan fingerprint density at radius 3 is 2.67 bits per heavy atom. The largest absolute Gasteiger partial charge is 0.376 e. The van der Waals surface area contributed by atoms with E-state index >= 15 is 0 Å². The third-order valence-corrected chi connectivity index (χ3v) is 4.72. The highest BCUT2D eigenvalue weighted by Gasteiger charge is 2.16. The first-order valence-corrected chi connectivity index (χ1v) is 9.39. The minimum atomic E-state index is -0.0376. The Kier molecular flexibility index (Phi) is 11.0. The summed E-state index contributed by atoms with van der Waals surface area (Å²) in [6, 6.07) is 7.74. The van der Waals surface area contributed by atoms with Gasteiger partial charge in [0.15, 0.2) is 5.96 Å². The van der Waals surface area contributed by atoms with E-state index in [0.29, 0.717) is 19.0 Å². The molecule has 152 valence electrons. The maximum Gasteiger partial charge on any atom is 0.243 e. The molecule has 1 fully saturated rings. The second-order valence-corrected chi connectivity index (χ2v) is 7.15. The van der Waals surface area contributed by atoms with Crippen LogP contribution >= 0.6 is 35.6 Å². The van der Waals surface area contributed by atoms with Crippen LogP contribution in [0.2, 0.25) is 5.02 Å². The molecule has 0 radical (unpaired) electrons. The predicted molar refractivity (Wildman–Crippen MR) is 121 cm³/mol. The van der Waals surface area contributed by atoms with Crippen molar-refractivity contribution in [3.63, 3.8) is 0 Å². The third-order valence-electron chi connectivity index (χ3n) is 4.35. The van der Waals surface area contributed by atoms with Crippen molar-refractivity contribution in [1.29, 1.82) is 0 Å². The van der Waals surface area contributed by atoms with Gasteiger partial charge < -0.3 is 19.9 Å². The second-order valence-electron chi connectivity index (χ2n) is 6.74. The van der Waals surface area contributed by atoms with Crippen molar-refractivity contribution in [1.82, 2.24) is 15.1 Å². The molecule has 1 aliphatic rings. The Morgan fingerprint density at radius 1 is 1.30 bits per heavy atom. The number of carbonyl (C=O) groups is 1. The molecule has 1 saturated heterocycles. The molecule has 1 aromatic rings. The normalized spacial score (nSPS) is 17.0. The topological polar surface area (TPSA) is 57.2 Å². The minimum absolute atomic E-state index is 0. The van der Waals surface area contributed by atoms with Crippen LogP contribution in [-0.4, -0.2) is 68.6 Å². The highest BCUT2D eigenvalue weighted by atomic mass is 127. The molecule has 1 N–H and O–H groups in total. The molecule has 0 aromatic heterocycles. The highest BCUT2D eigenvalue weighted by Crippen LogP contribution is 2.16. The Labute approximate surface area is 184 Å². The van der Waals surface area contributed by atoms with Gasteiger partial charge in [0.2, 0.25) is 5.91 Å². The lowest BCUT2D eigenvalue weighted by Crippen LogP contribution is -2.43. The van der Waals surface area contributed by atoms with Crippen molar-refractivity contribution in [2.75, 3.05) is 40.8 Å². The lowest BCUT2D eigenvalue weighted by molar-refractivity contribution is -0.127. The van der Waals surface area contributed by atoms with Crippen LogP contribution in [0.5, 0.6) is 0 Å². The van der Waals surface area contributed by atoms with Crippen LogP contribution in [-0.2, 0) is 16.1 Å². The number of likely N-dealkylation sites (N-methyl/N-ethyl adjacent to an activating group) is 1. The van der Waals surface area contributed by atoms with E-state index in [0.717, 1.165) is 30.0 Å². The van der Waals surface area contributed by atoms with Gasteiger partial charge in [-0.15, -0.1) is 24.0 Å². The molecule has 1 amide bonds. The Morgan fingerprint density at radius 2 is 2.04 bits per heavy atom. The standard InChI is InChI=1S/C19H29ClN4O2.HI/c1-23(2)18(25)13-22-19(21-12-16-9-6-7-11-26-16)24(3)14-15-8-4-5-10-17(15)20;/h4-5,8,10,16H,6-7,9,11-14H2,1-3H3,(H,21,22);1H. The van der Waals surface area contributed by atoms with E-state index in [2.05, 4.69) is 10.3 Å². The lowest BCUT2D eigenvalue weighted by atomic mass is 10.1. The zero-order valence-electron chi connectivity index (χ0n) is 16.3. The van der Waals surface area contributed by atoms with E-state index in [1.807, 2.05) is 36.2 Å². The zero-order valence-corrected chi connectivity index (χ0v) is 19.4. The number of hydrogen-bond donors (Lipinski definition) is 1. The van der Waals surface area contributed by atoms with Crippen LogP contribution in [0.15, 0.2) is 29.3 Å². The van der Waals surface area contributed by atoms with Gasteiger partial charge in [-0.2, -0.15) is 0 Å². The third kappa shape index (κ3) is 8.23. The van der Waals surface area contributed by atoms with Gasteiger partial charge in [0.1, 0.15) is 6.54 Å². The van der Waals surface area contributed by atoms with Gasteiger partial charge in [0.25, 0.3) is 0 Å². The highest BCUT2D eigenvalue weighted by molar-refractivity contribution is 14.0. The average molecular weight is 509 g/mol. The number of aliphatic imine (C=N–C) groups is 1. The number of benzene rings is 1. The molecule has 0 bridgehead atoms. The molecule has 0 aliphatic carbocycles. The van der Waals surface area contributed by atoms with Crippen molar-refractivity contribution in [2.24, 2.45) is 4.99 Å². The van der Waals surface area contributed by atoms with Gasteiger partial charge in [0.05, 0.1) is 6.10 Å². The van der Waals surface area contributed by atoms with Crippen molar-refractivity contribution in [3.05, 3.63) is 34.9 Å². The van der Waals surface area contributed by atoms with Crippen molar-refractivity contribution < 1.29 is 9.53 Å². The summed E-state index contributed by atoms with van der Waals surface area (Å²) in [4.78, 5) is 19.9. The number of amides is 1. The van der Waals surface area contributed by atoms with Gasteiger partial charge >= 0.3 is 0 Å². The maximum absolute atomic E-state index is 11.9. The first-order valence-electron chi connectivity index (χ1n) is 9.02. The zero-order chi connectivity index (χ0) is 18.9. The van der Waals surface area contributed by atoms with Crippen LogP contribution in [0.1, 0.15) is 24.8 Å². The predicted octanol–water partition coefficient (Wildman–Crippen LogP) is 2.99. The van der Waals surface area contributed by atoms with Gasteiger partial charge in [-0.25, -0.2) is 4.99 Å². The number of halogens is 2. The second kappa shape index (κ2) is 12.4. The molecule has 27 heavy (non-hydrogen) atoms. The summed E-state index contributed by atoms with van der Waals surface area (Å²) in [6.07, 6.45) is 3.55. The number of nitrogens with zero attached hydrogens (tertiary/aromatic N) is 3. The number of rotatable bonds is 6. The fraction of sp³-hybridized carbons (Fsp3) is 0.579. The summed E-state index contributed by atoms with van der Waals surface area (Å²) < 4.78 is 5.78. The lowest BCUT2D eigenvalue weighted by Gasteiger charge is -2.27. The van der Waals surface area contributed by atoms with E-state index in [4.69, 9.17) is 16.3 Å². The number of nitrogens with one attached hydrogen (secondary N) is 1. The number of hydrogen-bond acceptors (Lipinski definition) is 3. The van der Waals surface area contributed by atoms with E-state index in [1.54, 1.807) is 19.0 Å². The molecule has 1 aromatic carbocycles. The van der Waals surface area contributed by atoms with Crippen molar-refractivity contribution >= 4 is 47.4 Å². The summed E-state index contributed by atoms with van der Waals surface area (Å²) in [5, 5.41) is 4.08. The first kappa shape index (κ1) is 24.0. The molecule has 1 atom stereocenters. The van der Waals surface area contributed by atoms with Crippen molar-refractivity contribution in [3.8, 4) is 0 Å². The molecule has 1 aliphatic heterocycles. The average Bonchev–Trinajstić information content (AvgIpc) is 2.64. The minimum Gasteiger partial charge on any atom is -0.376 e. The SMILES string of the molecule is CN(C)C(=O)CN=C(NCC1CCCCO1)N(C)Cc1ccccc1Cl.I. The molecule has 8 heteroatoms. The van der Waals surface area contributed by atoms with Crippen molar-refractivity contribution in [2.45, 2.75) is 31.9 Å². The van der Waals surface area contributed by atoms with Crippen LogP contribution in [0.4, 0.5) is 0 Å². The number of ether oxygens (including phenoxy) is 1. The molecule has 2 rings (SSSR count). The number of carbonyl (C=O) groups excluding carboxylic acids is 1. The summed E-state index contributed by atoms with van der Waals surface area (Å²) in [5.41, 5.74) is 1.01. The summed E-state index contributed by atoms with van der Waals surface area (Å²) in [5.74, 6) is 0.638. The number of guanidine groups is 1. The molecule has 1 heterocycles. The maximum atomic E-state index is 11.9. The fourth-order valence-electron chi connectivity index (χ4n) is 2.73. The summed E-state index contributed by atoms with van der Waals surface area (Å²) >= 11 is 6.27. The molecule has 0 spiro atoms. The summed E-state index contributed by atoms with van der Waals surface area (Å²) in [6.45, 7) is 2.20. The fourth-order valence-corrected chi connectivity index (χ4v) is 2.92. The van der Waals surface area contributed by atoms with Crippen LogP contribution in [0, 0.1) is 0 Å². The van der Waals surface area contributed by atoms with Gasteiger partial charge in [-0.05, 0) is 30.9 Å². The Hall–Kier alpha value is -1.06. The molecule has 0 saturated carbocycles. The van der Waals surface area contributed by atoms with Crippen LogP contribution in [0.3, 0.4) is 0 Å². The monoisotopic (exact) mass is 508 g/mol. The first-order chi connectivity index (χ1) is 12.5. The Balaban J connectivity index is 0.00000364. The quantitative estimate of drug-likeness (QED) is 0.365. The van der Waals surface area contributed by atoms with E-state index < -0.39 is 0 Å². The smallest absolute Gasteiger partial charge is 0.243 e. The van der Waals surface area contributed by atoms with Crippen LogP contribution in [0.25, 0.3) is 0 Å². The van der Waals surface area contributed by atoms with Gasteiger partial charge in [-0.1, -0.05) is 29.8 Å². The van der Waals surface area contributed by atoms with E-state index in [-0.39, 0.29) is 42.5 Å². The van der Waals surface area contributed by atoms with E-state index in [1.165, 1.54) is 6.42 Å². The molecule has 6 nitrogen and oxygen atoms in total. The van der Waals surface area contributed by atoms with Crippen LogP contribution < -0.4 is 5.32 Å².